The van der Waals surface area contributed by atoms with Crippen LogP contribution < -0.4 is 0 Å². The number of carbonyl (C=O) groups is 1. The van der Waals surface area contributed by atoms with Gasteiger partial charge in [0.15, 0.2) is 6.29 Å². The lowest BCUT2D eigenvalue weighted by molar-refractivity contribution is -0.180. The summed E-state index contributed by atoms with van der Waals surface area (Å²) in [6, 6.07) is 1.00. The van der Waals surface area contributed by atoms with Crippen molar-refractivity contribution >= 4 is 14.0 Å². The normalized spacial score (nSPS) is 17.3. The van der Waals surface area contributed by atoms with E-state index < -0.39 is 8.07 Å². The highest BCUT2D eigenvalue weighted by Gasteiger charge is 2.20. The topological polar surface area (TPSA) is 63.2 Å². The van der Waals surface area contributed by atoms with E-state index in [-0.39, 0.29) is 25.2 Å². The first-order chi connectivity index (χ1) is 15.2. The molecule has 1 heterocycles. The van der Waals surface area contributed by atoms with E-state index in [2.05, 4.69) is 39.2 Å². The largest absolute Gasteiger partial charge is 0.463 e. The molecule has 0 radical (unpaired) electrons. The Bertz CT molecular complexity index is 629. The zero-order valence-corrected chi connectivity index (χ0v) is 22.0. The number of methoxy groups -OCH3 is 1. The van der Waals surface area contributed by atoms with Gasteiger partial charge in [-0.1, -0.05) is 43.9 Å². The van der Waals surface area contributed by atoms with Crippen molar-refractivity contribution in [3.63, 3.8) is 0 Å². The fourth-order valence-corrected chi connectivity index (χ4v) is 5.07. The lowest BCUT2D eigenvalue weighted by Gasteiger charge is -2.23. The van der Waals surface area contributed by atoms with Crippen molar-refractivity contribution < 1.29 is 28.5 Å². The van der Waals surface area contributed by atoms with Crippen LogP contribution in [-0.4, -0.2) is 60.2 Å². The summed E-state index contributed by atoms with van der Waals surface area (Å²) < 4.78 is 27.4. The van der Waals surface area contributed by atoms with Crippen molar-refractivity contribution in [1.82, 2.24) is 0 Å². The molecule has 0 spiro atoms. The Balaban J connectivity index is 2.73. The standard InChI is InChI=1S/C25H44O6Si/c1-8-28-25(26)22(13-14-24-29-15-10-16-30-24)12-9-11-20(2)17-23(31-19-27-4)21(3)18-32(5,6)7/h12,17,23-24H,3,8-11,13-16,18-19H2,1-2,4-7H3/b20-17+,22-12-. The minimum atomic E-state index is -1.29. The fourth-order valence-electron chi connectivity index (χ4n) is 3.51. The summed E-state index contributed by atoms with van der Waals surface area (Å²) in [6.45, 7) is 17.2. The van der Waals surface area contributed by atoms with Crippen molar-refractivity contribution in [2.45, 2.75) is 84.0 Å². The number of ether oxygens (including phenoxy) is 5. The Morgan fingerprint density at radius 2 is 1.91 bits per heavy atom. The van der Waals surface area contributed by atoms with Gasteiger partial charge in [-0.15, -0.1) is 0 Å². The summed E-state index contributed by atoms with van der Waals surface area (Å²) in [5.74, 6) is -0.255. The van der Waals surface area contributed by atoms with Crippen LogP contribution >= 0.6 is 0 Å². The third-order valence-corrected chi connectivity index (χ3v) is 6.49. The van der Waals surface area contributed by atoms with E-state index in [1.165, 1.54) is 5.57 Å². The van der Waals surface area contributed by atoms with Crippen LogP contribution in [0.5, 0.6) is 0 Å². The second-order valence-corrected chi connectivity index (χ2v) is 14.9. The van der Waals surface area contributed by atoms with E-state index in [4.69, 9.17) is 23.7 Å². The number of hydrogen-bond acceptors (Lipinski definition) is 6. The van der Waals surface area contributed by atoms with Gasteiger partial charge in [-0.05, 0) is 51.1 Å². The van der Waals surface area contributed by atoms with Crippen LogP contribution in [0.3, 0.4) is 0 Å². The molecule has 0 N–H and O–H groups in total. The molecule has 184 valence electrons. The van der Waals surface area contributed by atoms with Gasteiger partial charge in [0, 0.05) is 27.2 Å². The molecular formula is C25H44O6Si. The lowest BCUT2D eigenvalue weighted by Crippen LogP contribution is -2.25. The van der Waals surface area contributed by atoms with Gasteiger partial charge >= 0.3 is 5.97 Å². The van der Waals surface area contributed by atoms with Gasteiger partial charge < -0.3 is 23.7 Å². The van der Waals surface area contributed by atoms with Crippen molar-refractivity contribution in [3.05, 3.63) is 35.5 Å². The first kappa shape index (κ1) is 28.8. The van der Waals surface area contributed by atoms with E-state index in [0.717, 1.165) is 30.9 Å². The third kappa shape index (κ3) is 12.7. The van der Waals surface area contributed by atoms with E-state index in [9.17, 15) is 4.79 Å². The molecule has 7 heteroatoms. The van der Waals surface area contributed by atoms with Crippen LogP contribution in [-0.2, 0) is 28.5 Å². The molecule has 0 saturated carbocycles. The average molecular weight is 469 g/mol. The third-order valence-electron chi connectivity index (χ3n) is 4.97. The fraction of sp³-hybridized carbons (Fsp3) is 0.720. The molecule has 0 aromatic rings. The Kier molecular flexibility index (Phi) is 14.0. The van der Waals surface area contributed by atoms with Crippen molar-refractivity contribution in [2.75, 3.05) is 33.7 Å². The molecule has 1 unspecified atom stereocenters. The summed E-state index contributed by atoms with van der Waals surface area (Å²) in [5, 5.41) is 0. The van der Waals surface area contributed by atoms with Crippen LogP contribution in [0.4, 0.5) is 0 Å². The predicted molar refractivity (Wildman–Crippen MR) is 131 cm³/mol. The van der Waals surface area contributed by atoms with E-state index in [0.29, 0.717) is 38.2 Å². The smallest absolute Gasteiger partial charge is 0.333 e. The summed E-state index contributed by atoms with van der Waals surface area (Å²) >= 11 is 0. The molecule has 6 nitrogen and oxygen atoms in total. The number of rotatable bonds is 15. The van der Waals surface area contributed by atoms with Crippen molar-refractivity contribution in [3.8, 4) is 0 Å². The summed E-state index contributed by atoms with van der Waals surface area (Å²) in [7, 11) is 0.336. The van der Waals surface area contributed by atoms with Crippen LogP contribution in [0, 0.1) is 0 Å². The summed E-state index contributed by atoms with van der Waals surface area (Å²) in [6.07, 6.45) is 7.45. The van der Waals surface area contributed by atoms with E-state index in [1.807, 2.05) is 13.0 Å². The van der Waals surface area contributed by atoms with Gasteiger partial charge in [0.25, 0.3) is 0 Å². The maximum Gasteiger partial charge on any atom is 0.333 e. The molecule has 1 saturated heterocycles. The summed E-state index contributed by atoms with van der Waals surface area (Å²) in [5.41, 5.74) is 2.98. The maximum atomic E-state index is 12.4. The van der Waals surface area contributed by atoms with Gasteiger partial charge in [-0.2, -0.15) is 0 Å². The van der Waals surface area contributed by atoms with Crippen molar-refractivity contribution in [1.29, 1.82) is 0 Å². The molecule has 0 aromatic heterocycles. The molecule has 1 aliphatic rings. The van der Waals surface area contributed by atoms with Gasteiger partial charge in [0.2, 0.25) is 0 Å². The summed E-state index contributed by atoms with van der Waals surface area (Å²) in [4.78, 5) is 12.4. The highest BCUT2D eigenvalue weighted by molar-refractivity contribution is 6.76. The quantitative estimate of drug-likeness (QED) is 0.102. The molecule has 1 aliphatic heterocycles. The Morgan fingerprint density at radius 1 is 1.22 bits per heavy atom. The minimum Gasteiger partial charge on any atom is -0.463 e. The molecule has 0 amide bonds. The zero-order valence-electron chi connectivity index (χ0n) is 21.0. The van der Waals surface area contributed by atoms with Crippen molar-refractivity contribution in [2.24, 2.45) is 0 Å². The molecular weight excluding hydrogens is 424 g/mol. The van der Waals surface area contributed by atoms with Gasteiger partial charge in [0.05, 0.1) is 25.9 Å². The average Bonchev–Trinajstić information content (AvgIpc) is 2.73. The zero-order chi connectivity index (χ0) is 24.0. The van der Waals surface area contributed by atoms with E-state index >= 15 is 0 Å². The molecule has 1 atom stereocenters. The lowest BCUT2D eigenvalue weighted by atomic mass is 10.0. The van der Waals surface area contributed by atoms with Crippen LogP contribution in [0.15, 0.2) is 35.5 Å². The molecule has 0 bridgehead atoms. The SMILES string of the molecule is C=C(C[Si](C)(C)C)C(/C=C(\C)CC/C=C(/CCC1OCCCO1)C(=O)OCC)OCOC. The van der Waals surface area contributed by atoms with Gasteiger partial charge in [-0.25, -0.2) is 4.79 Å². The minimum absolute atomic E-state index is 0.157. The number of hydrogen-bond donors (Lipinski definition) is 0. The van der Waals surface area contributed by atoms with Gasteiger partial charge in [0.1, 0.15) is 6.79 Å². The molecule has 32 heavy (non-hydrogen) atoms. The Hall–Kier alpha value is -1.25. The second kappa shape index (κ2) is 15.6. The number of allylic oxidation sites excluding steroid dienone is 2. The molecule has 0 aromatic carbocycles. The van der Waals surface area contributed by atoms with Crippen LogP contribution in [0.1, 0.15) is 46.0 Å². The van der Waals surface area contributed by atoms with Crippen LogP contribution in [0.25, 0.3) is 0 Å². The Morgan fingerprint density at radius 3 is 2.50 bits per heavy atom. The Labute approximate surface area is 196 Å². The highest BCUT2D eigenvalue weighted by Crippen LogP contribution is 2.23. The van der Waals surface area contributed by atoms with E-state index in [1.54, 1.807) is 7.11 Å². The monoisotopic (exact) mass is 468 g/mol. The molecule has 1 fully saturated rings. The highest BCUT2D eigenvalue weighted by atomic mass is 28.3. The molecule has 1 rings (SSSR count). The predicted octanol–water partition coefficient (Wildman–Crippen LogP) is 5.63. The van der Waals surface area contributed by atoms with Crippen LogP contribution in [0.2, 0.25) is 25.7 Å². The first-order valence-electron chi connectivity index (χ1n) is 11.7. The first-order valence-corrected chi connectivity index (χ1v) is 15.4. The number of carbonyl (C=O) groups excluding carboxylic acids is 1. The van der Waals surface area contributed by atoms with Gasteiger partial charge in [-0.3, -0.25) is 0 Å². The number of esters is 1. The maximum absolute atomic E-state index is 12.4. The molecule has 0 aliphatic carbocycles. The second-order valence-electron chi connectivity index (χ2n) is 9.45.